The number of esters is 1. The van der Waals surface area contributed by atoms with Gasteiger partial charge in [-0.1, -0.05) is 26.0 Å². The molecule has 0 unspecified atom stereocenters. The highest BCUT2D eigenvalue weighted by Gasteiger charge is 2.06. The molecule has 0 atom stereocenters. The number of phenolic OH excluding ortho intramolecular Hbond substituents is 1. The van der Waals surface area contributed by atoms with Crippen LogP contribution in [0.5, 0.6) is 5.75 Å². The molecule has 2 aromatic carbocycles. The molecule has 17 heavy (non-hydrogen) atoms. The molecule has 0 heterocycles. The first-order chi connectivity index (χ1) is 8.22. The van der Waals surface area contributed by atoms with Crippen LogP contribution in [-0.2, 0) is 4.74 Å². The lowest BCUT2D eigenvalue weighted by molar-refractivity contribution is 0.0601. The first kappa shape index (κ1) is 13.0. The molecular formula is C14H16O3. The first-order valence-electron chi connectivity index (χ1n) is 5.52. The Morgan fingerprint density at radius 3 is 2.53 bits per heavy atom. The van der Waals surface area contributed by atoms with Gasteiger partial charge in [0, 0.05) is 5.39 Å². The minimum absolute atomic E-state index is 0.212. The van der Waals surface area contributed by atoms with Crippen LogP contribution >= 0.6 is 0 Å². The maximum Gasteiger partial charge on any atom is 0.337 e. The first-order valence-corrected chi connectivity index (χ1v) is 5.52. The Morgan fingerprint density at radius 2 is 1.88 bits per heavy atom. The third-order valence-electron chi connectivity index (χ3n) is 2.28. The minimum atomic E-state index is -0.375. The van der Waals surface area contributed by atoms with Gasteiger partial charge >= 0.3 is 5.97 Å². The lowest BCUT2D eigenvalue weighted by Gasteiger charge is -2.03. The molecule has 0 spiro atoms. The summed E-state index contributed by atoms with van der Waals surface area (Å²) in [7, 11) is 1.34. The molecule has 3 heteroatoms. The second-order valence-corrected chi connectivity index (χ2v) is 3.20. The monoisotopic (exact) mass is 232 g/mol. The Balaban J connectivity index is 0.000000686. The van der Waals surface area contributed by atoms with Gasteiger partial charge in [0.2, 0.25) is 0 Å². The van der Waals surface area contributed by atoms with Crippen molar-refractivity contribution in [1.29, 1.82) is 0 Å². The van der Waals surface area contributed by atoms with Crippen LogP contribution in [0.1, 0.15) is 24.2 Å². The summed E-state index contributed by atoms with van der Waals surface area (Å²) in [5, 5.41) is 11.1. The van der Waals surface area contributed by atoms with Crippen molar-refractivity contribution in [2.75, 3.05) is 7.11 Å². The van der Waals surface area contributed by atoms with Gasteiger partial charge < -0.3 is 9.84 Å². The zero-order valence-corrected chi connectivity index (χ0v) is 10.2. The zero-order valence-electron chi connectivity index (χ0n) is 10.2. The lowest BCUT2D eigenvalue weighted by atomic mass is 10.1. The molecule has 0 saturated heterocycles. The van der Waals surface area contributed by atoms with E-state index < -0.39 is 0 Å². The van der Waals surface area contributed by atoms with Crippen molar-refractivity contribution in [2.45, 2.75) is 13.8 Å². The van der Waals surface area contributed by atoms with Crippen molar-refractivity contribution in [3.63, 3.8) is 0 Å². The van der Waals surface area contributed by atoms with E-state index in [0.717, 1.165) is 10.8 Å². The lowest BCUT2D eigenvalue weighted by Crippen LogP contribution is -2.00. The summed E-state index contributed by atoms with van der Waals surface area (Å²) < 4.78 is 4.61. The van der Waals surface area contributed by atoms with Gasteiger partial charge in [-0.15, -0.1) is 0 Å². The van der Waals surface area contributed by atoms with Crippen molar-refractivity contribution in [3.05, 3.63) is 42.0 Å². The molecule has 0 amide bonds. The summed E-state index contributed by atoms with van der Waals surface area (Å²) in [6.07, 6.45) is 0. The van der Waals surface area contributed by atoms with E-state index in [0.29, 0.717) is 5.56 Å². The molecule has 2 rings (SSSR count). The molecule has 0 saturated carbocycles. The minimum Gasteiger partial charge on any atom is -0.507 e. The molecule has 0 aliphatic heterocycles. The van der Waals surface area contributed by atoms with Crippen LogP contribution in [-0.4, -0.2) is 18.2 Å². The van der Waals surface area contributed by atoms with E-state index in [2.05, 4.69) is 4.74 Å². The number of methoxy groups -OCH3 is 1. The van der Waals surface area contributed by atoms with Gasteiger partial charge in [0.1, 0.15) is 5.75 Å². The van der Waals surface area contributed by atoms with Crippen molar-refractivity contribution in [2.24, 2.45) is 0 Å². The van der Waals surface area contributed by atoms with Crippen molar-refractivity contribution in [1.82, 2.24) is 0 Å². The van der Waals surface area contributed by atoms with Gasteiger partial charge in [0.25, 0.3) is 0 Å². The number of rotatable bonds is 1. The van der Waals surface area contributed by atoms with Crippen LogP contribution in [0, 0.1) is 0 Å². The Morgan fingerprint density at radius 1 is 1.18 bits per heavy atom. The van der Waals surface area contributed by atoms with E-state index in [1.165, 1.54) is 7.11 Å². The van der Waals surface area contributed by atoms with E-state index >= 15 is 0 Å². The van der Waals surface area contributed by atoms with Gasteiger partial charge in [0.15, 0.2) is 0 Å². The smallest absolute Gasteiger partial charge is 0.337 e. The van der Waals surface area contributed by atoms with Crippen molar-refractivity contribution < 1.29 is 14.6 Å². The van der Waals surface area contributed by atoms with Crippen LogP contribution in [0.2, 0.25) is 0 Å². The van der Waals surface area contributed by atoms with E-state index in [4.69, 9.17) is 0 Å². The summed E-state index contributed by atoms with van der Waals surface area (Å²) in [5.74, 6) is -0.163. The Hall–Kier alpha value is -2.03. The quantitative estimate of drug-likeness (QED) is 0.767. The number of hydrogen-bond acceptors (Lipinski definition) is 3. The summed E-state index contributed by atoms with van der Waals surface area (Å²) in [6.45, 7) is 4.00. The maximum atomic E-state index is 11.3. The fraction of sp³-hybridized carbons (Fsp3) is 0.214. The SMILES string of the molecule is CC.COC(=O)c1ccc2c(O)cccc2c1. The number of carbonyl (C=O) groups is 1. The normalized spacial score (nSPS) is 9.35. The highest BCUT2D eigenvalue weighted by atomic mass is 16.5. The second-order valence-electron chi connectivity index (χ2n) is 3.20. The fourth-order valence-electron chi connectivity index (χ4n) is 1.51. The van der Waals surface area contributed by atoms with Crippen LogP contribution < -0.4 is 0 Å². The molecule has 2 aromatic rings. The summed E-state index contributed by atoms with van der Waals surface area (Å²) in [5.41, 5.74) is 0.482. The predicted molar refractivity (Wildman–Crippen MR) is 68.3 cm³/mol. The van der Waals surface area contributed by atoms with Gasteiger partial charge in [-0.05, 0) is 29.7 Å². The summed E-state index contributed by atoms with van der Waals surface area (Å²) in [4.78, 5) is 11.3. The molecule has 0 bridgehead atoms. The third-order valence-corrected chi connectivity index (χ3v) is 2.28. The van der Waals surface area contributed by atoms with E-state index in [1.54, 1.807) is 30.3 Å². The zero-order chi connectivity index (χ0) is 12.8. The highest BCUT2D eigenvalue weighted by Crippen LogP contribution is 2.25. The third kappa shape index (κ3) is 2.75. The molecular weight excluding hydrogens is 216 g/mol. The molecule has 90 valence electrons. The van der Waals surface area contributed by atoms with Crippen molar-refractivity contribution in [3.8, 4) is 5.75 Å². The number of phenols is 1. The second kappa shape index (κ2) is 5.89. The van der Waals surface area contributed by atoms with E-state index in [-0.39, 0.29) is 11.7 Å². The average Bonchev–Trinajstić information content (AvgIpc) is 2.40. The number of ether oxygens (including phenoxy) is 1. The van der Waals surface area contributed by atoms with Crippen molar-refractivity contribution >= 4 is 16.7 Å². The molecule has 0 fully saturated rings. The van der Waals surface area contributed by atoms with Crippen LogP contribution in [0.3, 0.4) is 0 Å². The topological polar surface area (TPSA) is 46.5 Å². The molecule has 0 aliphatic carbocycles. The number of hydrogen-bond donors (Lipinski definition) is 1. The number of aromatic hydroxyl groups is 1. The number of fused-ring (bicyclic) bond motifs is 1. The van der Waals surface area contributed by atoms with Crippen LogP contribution in [0.25, 0.3) is 10.8 Å². The van der Waals surface area contributed by atoms with Gasteiger partial charge in [-0.2, -0.15) is 0 Å². The average molecular weight is 232 g/mol. The number of carbonyl (C=O) groups excluding carboxylic acids is 1. The predicted octanol–water partition coefficient (Wildman–Crippen LogP) is 3.36. The molecule has 0 radical (unpaired) electrons. The highest BCUT2D eigenvalue weighted by molar-refractivity contribution is 5.97. The van der Waals surface area contributed by atoms with Crippen LogP contribution in [0.15, 0.2) is 36.4 Å². The number of benzene rings is 2. The molecule has 3 nitrogen and oxygen atoms in total. The Kier molecular flexibility index (Phi) is 4.52. The summed E-state index contributed by atoms with van der Waals surface area (Å²) in [6, 6.07) is 10.2. The standard InChI is InChI=1S/C12H10O3.C2H6/c1-15-12(14)9-5-6-10-8(7-9)3-2-4-11(10)13;1-2/h2-7,13H,1H3;1-2H3. The Labute approximate surface area is 101 Å². The largest absolute Gasteiger partial charge is 0.507 e. The van der Waals surface area contributed by atoms with Gasteiger partial charge in [-0.3, -0.25) is 0 Å². The van der Waals surface area contributed by atoms with Crippen LogP contribution in [0.4, 0.5) is 0 Å². The van der Waals surface area contributed by atoms with E-state index in [9.17, 15) is 9.90 Å². The fourth-order valence-corrected chi connectivity index (χ4v) is 1.51. The van der Waals surface area contributed by atoms with Gasteiger partial charge in [-0.25, -0.2) is 4.79 Å². The summed E-state index contributed by atoms with van der Waals surface area (Å²) >= 11 is 0. The van der Waals surface area contributed by atoms with Gasteiger partial charge in [0.05, 0.1) is 12.7 Å². The van der Waals surface area contributed by atoms with E-state index in [1.807, 2.05) is 19.9 Å². The molecule has 1 N–H and O–H groups in total. The molecule has 0 aromatic heterocycles. The molecule has 0 aliphatic rings. The Bertz CT molecular complexity index is 518. The maximum absolute atomic E-state index is 11.3.